The van der Waals surface area contributed by atoms with Crippen LogP contribution in [0, 0.1) is 13.8 Å². The van der Waals surface area contributed by atoms with E-state index < -0.39 is 10.0 Å². The fourth-order valence-corrected chi connectivity index (χ4v) is 4.51. The van der Waals surface area contributed by atoms with Crippen LogP contribution in [-0.4, -0.2) is 23.5 Å². The Morgan fingerprint density at radius 2 is 1.92 bits per heavy atom. The summed E-state index contributed by atoms with van der Waals surface area (Å²) in [6, 6.07) is 9.39. The first kappa shape index (κ1) is 17.0. The van der Waals surface area contributed by atoms with Crippen molar-refractivity contribution in [3.8, 4) is 11.5 Å². The van der Waals surface area contributed by atoms with Crippen molar-refractivity contribution in [2.24, 2.45) is 0 Å². The van der Waals surface area contributed by atoms with Crippen molar-refractivity contribution in [1.29, 1.82) is 0 Å². The van der Waals surface area contributed by atoms with Crippen LogP contribution >= 0.6 is 0 Å². The number of aryl methyl sites for hydroxylation is 2. The molecule has 1 saturated carbocycles. The minimum absolute atomic E-state index is 0.164. The van der Waals surface area contributed by atoms with Crippen molar-refractivity contribution in [3.05, 3.63) is 53.1 Å². The number of benzene rings is 1. The zero-order valence-corrected chi connectivity index (χ0v) is 15.4. The molecule has 3 aromatic rings. The van der Waals surface area contributed by atoms with Gasteiger partial charge in [0.15, 0.2) is 5.82 Å². The first-order valence-electron chi connectivity index (χ1n) is 8.52. The van der Waals surface area contributed by atoms with Crippen LogP contribution in [0.2, 0.25) is 0 Å². The Balaban J connectivity index is 1.68. The molecule has 1 aliphatic rings. The van der Waals surface area contributed by atoms with Crippen LogP contribution in [-0.2, 0) is 16.6 Å². The molecule has 0 unspecified atom stereocenters. The van der Waals surface area contributed by atoms with Gasteiger partial charge < -0.3 is 9.51 Å². The lowest BCUT2D eigenvalue weighted by Gasteiger charge is -2.08. The standard InChI is InChI=1S/C18H20N4O3S/c1-11-15(18-21-17(22-25-18)14-8-9-14)16(12(2)20-11)26(23,24)19-10-13-6-4-3-5-7-13/h3-7,14,19-20H,8-10H2,1-2H3. The lowest BCUT2D eigenvalue weighted by Crippen LogP contribution is -2.24. The Morgan fingerprint density at radius 1 is 1.19 bits per heavy atom. The molecule has 0 saturated heterocycles. The van der Waals surface area contributed by atoms with E-state index in [1.807, 2.05) is 30.3 Å². The van der Waals surface area contributed by atoms with E-state index in [0.717, 1.165) is 18.4 Å². The Hall–Kier alpha value is -2.45. The maximum atomic E-state index is 13.0. The summed E-state index contributed by atoms with van der Waals surface area (Å²) < 4.78 is 34.0. The van der Waals surface area contributed by atoms with Crippen LogP contribution in [0.1, 0.15) is 41.5 Å². The number of rotatable bonds is 6. The maximum Gasteiger partial charge on any atom is 0.261 e. The lowest BCUT2D eigenvalue weighted by molar-refractivity contribution is 0.421. The third-order valence-corrected chi connectivity index (χ3v) is 6.07. The molecule has 2 aromatic heterocycles. The number of H-pyrrole nitrogens is 1. The van der Waals surface area contributed by atoms with Gasteiger partial charge in [-0.05, 0) is 32.3 Å². The second-order valence-electron chi connectivity index (χ2n) is 6.62. The largest absolute Gasteiger partial charge is 0.361 e. The molecule has 2 N–H and O–H groups in total. The molecule has 0 bridgehead atoms. The van der Waals surface area contributed by atoms with Gasteiger partial charge in [-0.3, -0.25) is 0 Å². The fraction of sp³-hybridized carbons (Fsp3) is 0.333. The number of aromatic amines is 1. The zero-order chi connectivity index (χ0) is 18.3. The minimum Gasteiger partial charge on any atom is -0.361 e. The molecule has 26 heavy (non-hydrogen) atoms. The van der Waals surface area contributed by atoms with Crippen LogP contribution in [0.15, 0.2) is 39.8 Å². The SMILES string of the molecule is Cc1[nH]c(C)c(S(=O)(=O)NCc2ccccc2)c1-c1nc(C2CC2)no1. The number of hydrogen-bond donors (Lipinski definition) is 2. The predicted octanol–water partition coefficient (Wildman–Crippen LogP) is 3.04. The number of hydrogen-bond acceptors (Lipinski definition) is 5. The normalized spacial score (nSPS) is 14.7. The van der Waals surface area contributed by atoms with Crippen molar-refractivity contribution in [3.63, 3.8) is 0 Å². The van der Waals surface area contributed by atoms with E-state index >= 15 is 0 Å². The summed E-state index contributed by atoms with van der Waals surface area (Å²) in [4.78, 5) is 7.67. The molecule has 7 nitrogen and oxygen atoms in total. The van der Waals surface area contributed by atoms with Gasteiger partial charge in [0.1, 0.15) is 4.90 Å². The summed E-state index contributed by atoms with van der Waals surface area (Å²) in [7, 11) is -3.75. The predicted molar refractivity (Wildman–Crippen MR) is 96.0 cm³/mol. The van der Waals surface area contributed by atoms with Crippen molar-refractivity contribution >= 4 is 10.0 Å². The number of aromatic nitrogens is 3. The fourth-order valence-electron chi connectivity index (χ4n) is 3.04. The Morgan fingerprint density at radius 3 is 2.62 bits per heavy atom. The van der Waals surface area contributed by atoms with E-state index in [1.165, 1.54) is 0 Å². The Kier molecular flexibility index (Phi) is 4.16. The highest BCUT2D eigenvalue weighted by molar-refractivity contribution is 7.89. The lowest BCUT2D eigenvalue weighted by atomic mass is 10.2. The van der Waals surface area contributed by atoms with Crippen LogP contribution < -0.4 is 4.72 Å². The highest BCUT2D eigenvalue weighted by Gasteiger charge is 2.32. The summed E-state index contributed by atoms with van der Waals surface area (Å²) in [6.45, 7) is 3.74. The summed E-state index contributed by atoms with van der Waals surface area (Å²) >= 11 is 0. The van der Waals surface area contributed by atoms with Crippen LogP contribution in [0.3, 0.4) is 0 Å². The maximum absolute atomic E-state index is 13.0. The Labute approximate surface area is 151 Å². The third-order valence-electron chi connectivity index (χ3n) is 4.49. The first-order chi connectivity index (χ1) is 12.5. The highest BCUT2D eigenvalue weighted by atomic mass is 32.2. The van der Waals surface area contributed by atoms with Crippen molar-refractivity contribution in [1.82, 2.24) is 19.8 Å². The van der Waals surface area contributed by atoms with Gasteiger partial charge in [0.2, 0.25) is 10.0 Å². The molecule has 0 aliphatic heterocycles. The quantitative estimate of drug-likeness (QED) is 0.693. The molecule has 136 valence electrons. The molecular formula is C18H20N4O3S. The van der Waals surface area contributed by atoms with Crippen molar-refractivity contribution in [2.75, 3.05) is 0 Å². The average Bonchev–Trinajstić information content (AvgIpc) is 3.27. The number of sulfonamides is 1. The van der Waals surface area contributed by atoms with Gasteiger partial charge in [0.25, 0.3) is 5.89 Å². The summed E-state index contributed by atoms with van der Waals surface area (Å²) in [6.07, 6.45) is 2.10. The van der Waals surface area contributed by atoms with E-state index in [9.17, 15) is 8.42 Å². The van der Waals surface area contributed by atoms with Crippen LogP contribution in [0.5, 0.6) is 0 Å². The monoisotopic (exact) mass is 372 g/mol. The van der Waals surface area contributed by atoms with Gasteiger partial charge in [0.05, 0.1) is 5.56 Å². The van der Waals surface area contributed by atoms with E-state index in [1.54, 1.807) is 13.8 Å². The molecule has 1 fully saturated rings. The number of nitrogens with zero attached hydrogens (tertiary/aromatic N) is 2. The Bertz CT molecular complexity index is 1030. The molecular weight excluding hydrogens is 352 g/mol. The van der Waals surface area contributed by atoms with Gasteiger partial charge in [0, 0.05) is 23.9 Å². The van der Waals surface area contributed by atoms with Crippen molar-refractivity contribution < 1.29 is 12.9 Å². The van der Waals surface area contributed by atoms with Crippen molar-refractivity contribution in [2.45, 2.75) is 44.0 Å². The minimum atomic E-state index is -3.75. The molecule has 1 aromatic carbocycles. The van der Waals surface area contributed by atoms with Gasteiger partial charge in [-0.15, -0.1) is 0 Å². The molecule has 4 rings (SSSR count). The topological polar surface area (TPSA) is 101 Å². The number of nitrogens with one attached hydrogen (secondary N) is 2. The average molecular weight is 372 g/mol. The zero-order valence-electron chi connectivity index (χ0n) is 14.6. The summed E-state index contributed by atoms with van der Waals surface area (Å²) in [5.41, 5.74) is 2.57. The van der Waals surface area contributed by atoms with Crippen LogP contribution in [0.4, 0.5) is 0 Å². The molecule has 0 radical (unpaired) electrons. The van der Waals surface area contributed by atoms with E-state index in [0.29, 0.717) is 28.7 Å². The first-order valence-corrected chi connectivity index (χ1v) is 10.0. The molecule has 0 spiro atoms. The second kappa shape index (κ2) is 6.37. The molecule has 0 atom stereocenters. The molecule has 1 aliphatic carbocycles. The third kappa shape index (κ3) is 3.17. The summed E-state index contributed by atoms with van der Waals surface area (Å²) in [5, 5.41) is 4.01. The van der Waals surface area contributed by atoms with Gasteiger partial charge in [-0.2, -0.15) is 4.98 Å². The van der Waals surface area contributed by atoms with Crippen LogP contribution in [0.25, 0.3) is 11.5 Å². The van der Waals surface area contributed by atoms with Gasteiger partial charge in [-0.25, -0.2) is 13.1 Å². The summed E-state index contributed by atoms with van der Waals surface area (Å²) in [5.74, 6) is 1.23. The molecule has 2 heterocycles. The van der Waals surface area contributed by atoms with E-state index in [4.69, 9.17) is 4.52 Å². The molecule has 0 amide bonds. The molecule has 8 heteroatoms. The van der Waals surface area contributed by atoms with Gasteiger partial charge in [-0.1, -0.05) is 35.5 Å². The second-order valence-corrected chi connectivity index (χ2v) is 8.33. The van der Waals surface area contributed by atoms with Gasteiger partial charge >= 0.3 is 0 Å². The highest BCUT2D eigenvalue weighted by Crippen LogP contribution is 2.40. The van der Waals surface area contributed by atoms with E-state index in [2.05, 4.69) is 19.8 Å². The smallest absolute Gasteiger partial charge is 0.261 e. The van der Waals surface area contributed by atoms with E-state index in [-0.39, 0.29) is 17.3 Å².